The highest BCUT2D eigenvalue weighted by atomic mass is 35.5. The van der Waals surface area contributed by atoms with E-state index < -0.39 is 0 Å². The quantitative estimate of drug-likeness (QED) is 0.351. The van der Waals surface area contributed by atoms with Crippen molar-refractivity contribution in [2.75, 3.05) is 51.7 Å². The average Bonchev–Trinajstić information content (AvgIpc) is 2.94. The number of piperazine rings is 1. The molecule has 10 heteroatoms. The van der Waals surface area contributed by atoms with Gasteiger partial charge in [0, 0.05) is 45.2 Å². The number of aryl methyl sites for hydroxylation is 1. The minimum Gasteiger partial charge on any atom is -0.481 e. The molecule has 196 valence electrons. The van der Waals surface area contributed by atoms with Gasteiger partial charge in [-0.05, 0) is 31.5 Å². The van der Waals surface area contributed by atoms with Crippen molar-refractivity contribution in [2.45, 2.75) is 25.8 Å². The predicted octanol–water partition coefficient (Wildman–Crippen LogP) is 3.46. The van der Waals surface area contributed by atoms with Gasteiger partial charge in [-0.25, -0.2) is 15.0 Å². The van der Waals surface area contributed by atoms with Crippen molar-refractivity contribution in [1.29, 1.82) is 0 Å². The van der Waals surface area contributed by atoms with E-state index in [9.17, 15) is 4.79 Å². The Hall–Kier alpha value is -3.27. The number of carbonyl (C=O) groups excluding carboxylic acids is 1. The van der Waals surface area contributed by atoms with E-state index in [1.165, 1.54) is 0 Å². The normalized spacial score (nSPS) is 14.7. The molecule has 1 saturated heterocycles. The molecule has 1 aliphatic heterocycles. The summed E-state index contributed by atoms with van der Waals surface area (Å²) in [5, 5.41) is 10.3. The third-order valence-corrected chi connectivity index (χ3v) is 6.73. The predicted molar refractivity (Wildman–Crippen MR) is 146 cm³/mol. The molecule has 0 aliphatic carbocycles. The van der Waals surface area contributed by atoms with Gasteiger partial charge >= 0.3 is 0 Å². The standard InChI is InChI=1S/C27H34ClN7O2/c1-19-25(28)27(34-26(31-19)21-10-6-12-24(33-21)37-2)30-18-22(20-8-4-3-5-9-20)32-23(36)11-7-15-35-16-13-29-14-17-35/h3-6,8-10,12,22,29H,7,11,13-18H2,1-2H3,(H,32,36)(H,30,31,34)/t22-/m0/s1. The summed E-state index contributed by atoms with van der Waals surface area (Å²) in [7, 11) is 1.57. The van der Waals surface area contributed by atoms with E-state index in [1.807, 2.05) is 49.4 Å². The van der Waals surface area contributed by atoms with Crippen LogP contribution < -0.4 is 20.7 Å². The number of carbonyl (C=O) groups is 1. The fourth-order valence-corrected chi connectivity index (χ4v) is 4.40. The zero-order chi connectivity index (χ0) is 26.0. The first-order valence-corrected chi connectivity index (χ1v) is 13.0. The van der Waals surface area contributed by atoms with Crippen LogP contribution in [0.25, 0.3) is 11.5 Å². The Morgan fingerprint density at radius 3 is 2.65 bits per heavy atom. The first kappa shape index (κ1) is 26.8. The molecular weight excluding hydrogens is 490 g/mol. The molecule has 0 bridgehead atoms. The number of nitrogens with zero attached hydrogens (tertiary/aromatic N) is 4. The van der Waals surface area contributed by atoms with E-state index in [1.54, 1.807) is 13.2 Å². The summed E-state index contributed by atoms with van der Waals surface area (Å²) in [6.07, 6.45) is 1.31. The van der Waals surface area contributed by atoms with E-state index in [-0.39, 0.29) is 11.9 Å². The number of aromatic nitrogens is 3. The van der Waals surface area contributed by atoms with Crippen LogP contribution in [0.3, 0.4) is 0 Å². The van der Waals surface area contributed by atoms with Crippen molar-refractivity contribution < 1.29 is 9.53 Å². The molecule has 0 saturated carbocycles. The lowest BCUT2D eigenvalue weighted by atomic mass is 10.1. The molecule has 0 unspecified atom stereocenters. The van der Waals surface area contributed by atoms with Crippen LogP contribution in [0.4, 0.5) is 5.82 Å². The molecule has 1 amide bonds. The molecule has 3 heterocycles. The van der Waals surface area contributed by atoms with E-state index in [2.05, 4.69) is 35.8 Å². The fraction of sp³-hybridized carbons (Fsp3) is 0.407. The van der Waals surface area contributed by atoms with E-state index in [0.29, 0.717) is 46.9 Å². The van der Waals surface area contributed by atoms with Crippen LogP contribution in [-0.2, 0) is 4.79 Å². The molecule has 0 spiro atoms. The maximum absolute atomic E-state index is 12.9. The molecule has 1 atom stereocenters. The summed E-state index contributed by atoms with van der Waals surface area (Å²) in [5.41, 5.74) is 2.22. The Labute approximate surface area is 223 Å². The number of amides is 1. The van der Waals surface area contributed by atoms with Crippen molar-refractivity contribution in [3.63, 3.8) is 0 Å². The third kappa shape index (κ3) is 7.61. The maximum Gasteiger partial charge on any atom is 0.220 e. The van der Waals surface area contributed by atoms with Crippen LogP contribution in [0, 0.1) is 6.92 Å². The van der Waals surface area contributed by atoms with Gasteiger partial charge in [0.1, 0.15) is 16.5 Å². The minimum atomic E-state index is -0.252. The molecule has 1 aliphatic rings. The number of ether oxygens (including phenoxy) is 1. The molecule has 3 N–H and O–H groups in total. The lowest BCUT2D eigenvalue weighted by Gasteiger charge is -2.27. The highest BCUT2D eigenvalue weighted by molar-refractivity contribution is 6.33. The summed E-state index contributed by atoms with van der Waals surface area (Å²) >= 11 is 6.56. The number of anilines is 1. The summed E-state index contributed by atoms with van der Waals surface area (Å²) in [6.45, 7) is 7.25. The second-order valence-corrected chi connectivity index (χ2v) is 9.35. The lowest BCUT2D eigenvalue weighted by Crippen LogP contribution is -2.44. The first-order valence-electron chi connectivity index (χ1n) is 12.6. The number of nitrogens with one attached hydrogen (secondary N) is 3. The largest absolute Gasteiger partial charge is 0.481 e. The van der Waals surface area contributed by atoms with Gasteiger partial charge in [-0.15, -0.1) is 0 Å². The van der Waals surface area contributed by atoms with Crippen LogP contribution in [0.2, 0.25) is 5.02 Å². The van der Waals surface area contributed by atoms with E-state index >= 15 is 0 Å². The number of halogens is 1. The van der Waals surface area contributed by atoms with Gasteiger partial charge in [0.05, 0.1) is 18.8 Å². The van der Waals surface area contributed by atoms with Crippen LogP contribution >= 0.6 is 11.6 Å². The molecule has 2 aromatic heterocycles. The minimum absolute atomic E-state index is 0.0250. The zero-order valence-corrected chi connectivity index (χ0v) is 22.1. The molecular formula is C27H34ClN7O2. The van der Waals surface area contributed by atoms with Crippen LogP contribution in [0.5, 0.6) is 5.88 Å². The van der Waals surface area contributed by atoms with Crippen molar-refractivity contribution >= 4 is 23.3 Å². The van der Waals surface area contributed by atoms with Crippen LogP contribution in [-0.4, -0.2) is 72.1 Å². The van der Waals surface area contributed by atoms with Crippen molar-refractivity contribution in [1.82, 2.24) is 30.5 Å². The molecule has 3 aromatic rings. The number of benzene rings is 1. The lowest BCUT2D eigenvalue weighted by molar-refractivity contribution is -0.121. The van der Waals surface area contributed by atoms with Crippen LogP contribution in [0.1, 0.15) is 30.1 Å². The van der Waals surface area contributed by atoms with Gasteiger partial charge in [0.25, 0.3) is 0 Å². The molecule has 9 nitrogen and oxygen atoms in total. The molecule has 1 fully saturated rings. The fourth-order valence-electron chi connectivity index (χ4n) is 4.24. The summed E-state index contributed by atoms with van der Waals surface area (Å²) in [6, 6.07) is 15.1. The summed E-state index contributed by atoms with van der Waals surface area (Å²) in [4.78, 5) is 28.8. The van der Waals surface area contributed by atoms with Gasteiger partial charge in [0.2, 0.25) is 11.8 Å². The van der Waals surface area contributed by atoms with Gasteiger partial charge in [-0.1, -0.05) is 48.0 Å². The number of methoxy groups -OCH3 is 1. The van der Waals surface area contributed by atoms with Gasteiger partial charge in [-0.2, -0.15) is 0 Å². The zero-order valence-electron chi connectivity index (χ0n) is 21.3. The van der Waals surface area contributed by atoms with Crippen molar-refractivity contribution in [3.05, 3.63) is 64.8 Å². The maximum atomic E-state index is 12.9. The highest BCUT2D eigenvalue weighted by Gasteiger charge is 2.18. The van der Waals surface area contributed by atoms with Crippen molar-refractivity contribution in [3.8, 4) is 17.4 Å². The molecule has 0 radical (unpaired) electrons. The number of pyridine rings is 1. The Balaban J connectivity index is 1.44. The average molecular weight is 524 g/mol. The monoisotopic (exact) mass is 523 g/mol. The molecule has 37 heavy (non-hydrogen) atoms. The number of hydrogen-bond donors (Lipinski definition) is 3. The summed E-state index contributed by atoms with van der Waals surface area (Å²) in [5.74, 6) is 1.43. The Morgan fingerprint density at radius 1 is 1.11 bits per heavy atom. The Kier molecular flexibility index (Phi) is 9.65. The van der Waals surface area contributed by atoms with E-state index in [0.717, 1.165) is 44.7 Å². The second-order valence-electron chi connectivity index (χ2n) is 8.97. The SMILES string of the molecule is COc1cccc(-c2nc(C)c(Cl)c(NC[C@H](NC(=O)CCCN3CCNCC3)c3ccccc3)n2)n1. The number of rotatable bonds is 11. The smallest absolute Gasteiger partial charge is 0.220 e. The van der Waals surface area contributed by atoms with Crippen LogP contribution in [0.15, 0.2) is 48.5 Å². The second kappa shape index (κ2) is 13.3. The topological polar surface area (TPSA) is 104 Å². The van der Waals surface area contributed by atoms with Gasteiger partial charge in [-0.3, -0.25) is 4.79 Å². The Morgan fingerprint density at radius 2 is 1.89 bits per heavy atom. The van der Waals surface area contributed by atoms with E-state index in [4.69, 9.17) is 16.3 Å². The highest BCUT2D eigenvalue weighted by Crippen LogP contribution is 2.27. The number of hydrogen-bond acceptors (Lipinski definition) is 8. The first-order chi connectivity index (χ1) is 18.0. The van der Waals surface area contributed by atoms with Gasteiger partial charge in [0.15, 0.2) is 5.82 Å². The van der Waals surface area contributed by atoms with Crippen molar-refractivity contribution in [2.24, 2.45) is 0 Å². The summed E-state index contributed by atoms with van der Waals surface area (Å²) < 4.78 is 5.23. The molecule has 4 rings (SSSR count). The van der Waals surface area contributed by atoms with Gasteiger partial charge < -0.3 is 25.6 Å². The third-order valence-electron chi connectivity index (χ3n) is 6.28. The Bertz CT molecular complexity index is 1170. The molecule has 1 aromatic carbocycles.